The Morgan fingerprint density at radius 2 is 1.67 bits per heavy atom. The summed E-state index contributed by atoms with van der Waals surface area (Å²) >= 11 is 0.996. The van der Waals surface area contributed by atoms with Gasteiger partial charge in [0.05, 0.1) is 11.1 Å². The van der Waals surface area contributed by atoms with Gasteiger partial charge in [-0.3, -0.25) is 10.1 Å². The van der Waals surface area contributed by atoms with Gasteiger partial charge in [-0.05, 0) is 24.3 Å². The fourth-order valence-corrected chi connectivity index (χ4v) is 2.81. The van der Waals surface area contributed by atoms with Crippen molar-refractivity contribution in [2.75, 3.05) is 5.32 Å². The average Bonchev–Trinajstić information content (AvgIpc) is 3.03. The summed E-state index contributed by atoms with van der Waals surface area (Å²) in [6, 6.07) is 11.9. The number of anilines is 1. The molecule has 0 aliphatic rings. The molecule has 3 rings (SSSR count). The number of carbonyl (C=O) groups excluding carboxylic acids is 1. The van der Waals surface area contributed by atoms with Crippen molar-refractivity contribution in [2.24, 2.45) is 0 Å². The molecule has 2 N–H and O–H groups in total. The number of carboxylic acids is 1. The van der Waals surface area contributed by atoms with E-state index in [2.05, 4.69) is 15.5 Å². The molecule has 120 valence electrons. The molecule has 0 saturated heterocycles. The standard InChI is InChI=1S/C16H10FN3O3S/c17-12-8-4-3-7-11(12)14-19-20-16(24-14)18-13(21)9-5-1-2-6-10(9)15(22)23/h1-8H,(H,22,23)(H,18,20,21). The van der Waals surface area contributed by atoms with Gasteiger partial charge in [-0.1, -0.05) is 35.6 Å². The number of nitrogens with one attached hydrogen (secondary N) is 1. The van der Waals surface area contributed by atoms with Gasteiger partial charge in [-0.25, -0.2) is 9.18 Å². The minimum atomic E-state index is -1.20. The monoisotopic (exact) mass is 343 g/mol. The van der Waals surface area contributed by atoms with Crippen molar-refractivity contribution in [3.05, 3.63) is 65.5 Å². The molecule has 0 atom stereocenters. The Morgan fingerprint density at radius 1 is 1.00 bits per heavy atom. The van der Waals surface area contributed by atoms with Gasteiger partial charge in [0, 0.05) is 5.56 Å². The molecule has 0 unspecified atom stereocenters. The van der Waals surface area contributed by atoms with Crippen LogP contribution in [-0.2, 0) is 0 Å². The summed E-state index contributed by atoms with van der Waals surface area (Å²) < 4.78 is 13.7. The Bertz CT molecular complexity index is 926. The van der Waals surface area contributed by atoms with Gasteiger partial charge < -0.3 is 5.11 Å². The summed E-state index contributed by atoms with van der Waals surface area (Å²) in [5, 5.41) is 19.7. The number of aromatic nitrogens is 2. The number of hydrogen-bond donors (Lipinski definition) is 2. The molecular formula is C16H10FN3O3S. The van der Waals surface area contributed by atoms with Crippen LogP contribution in [0.25, 0.3) is 10.6 Å². The molecule has 2 aromatic carbocycles. The number of halogens is 1. The first-order chi connectivity index (χ1) is 11.6. The van der Waals surface area contributed by atoms with Crippen molar-refractivity contribution >= 4 is 28.3 Å². The third-order valence-corrected chi connectivity index (χ3v) is 4.02. The van der Waals surface area contributed by atoms with Crippen molar-refractivity contribution in [1.29, 1.82) is 0 Å². The largest absolute Gasteiger partial charge is 0.478 e. The second kappa shape index (κ2) is 6.55. The zero-order valence-corrected chi connectivity index (χ0v) is 12.9. The molecule has 0 fully saturated rings. The van der Waals surface area contributed by atoms with E-state index in [0.29, 0.717) is 5.01 Å². The van der Waals surface area contributed by atoms with E-state index in [9.17, 15) is 14.0 Å². The van der Waals surface area contributed by atoms with Crippen LogP contribution in [0, 0.1) is 5.82 Å². The van der Waals surface area contributed by atoms with Crippen LogP contribution in [0.3, 0.4) is 0 Å². The zero-order valence-electron chi connectivity index (χ0n) is 12.1. The van der Waals surface area contributed by atoms with E-state index >= 15 is 0 Å². The van der Waals surface area contributed by atoms with Crippen LogP contribution in [0.4, 0.5) is 9.52 Å². The lowest BCUT2D eigenvalue weighted by Gasteiger charge is -2.04. The second-order valence-electron chi connectivity index (χ2n) is 4.70. The summed E-state index contributed by atoms with van der Waals surface area (Å²) in [4.78, 5) is 23.4. The molecule has 1 aromatic heterocycles. The van der Waals surface area contributed by atoms with Crippen molar-refractivity contribution in [3.63, 3.8) is 0 Å². The topological polar surface area (TPSA) is 92.2 Å². The normalized spacial score (nSPS) is 10.4. The number of carbonyl (C=O) groups is 2. The molecule has 0 aliphatic heterocycles. The van der Waals surface area contributed by atoms with Crippen molar-refractivity contribution < 1.29 is 19.1 Å². The highest BCUT2D eigenvalue weighted by atomic mass is 32.1. The molecule has 1 heterocycles. The van der Waals surface area contributed by atoms with E-state index in [4.69, 9.17) is 5.11 Å². The molecule has 1 amide bonds. The number of benzene rings is 2. The highest BCUT2D eigenvalue weighted by Gasteiger charge is 2.18. The van der Waals surface area contributed by atoms with Crippen LogP contribution < -0.4 is 5.32 Å². The van der Waals surface area contributed by atoms with Crippen LogP contribution in [0.15, 0.2) is 48.5 Å². The minimum Gasteiger partial charge on any atom is -0.478 e. The van der Waals surface area contributed by atoms with Gasteiger partial charge in [0.25, 0.3) is 5.91 Å². The lowest BCUT2D eigenvalue weighted by Crippen LogP contribution is -2.16. The third-order valence-electron chi connectivity index (χ3n) is 3.15. The Hall–Kier alpha value is -3.13. The minimum absolute atomic E-state index is 0.00708. The van der Waals surface area contributed by atoms with Crippen molar-refractivity contribution in [3.8, 4) is 10.6 Å². The van der Waals surface area contributed by atoms with E-state index in [-0.39, 0.29) is 21.8 Å². The molecule has 0 aliphatic carbocycles. The van der Waals surface area contributed by atoms with Gasteiger partial charge in [-0.2, -0.15) is 0 Å². The second-order valence-corrected chi connectivity index (χ2v) is 5.67. The maximum absolute atomic E-state index is 13.7. The molecule has 3 aromatic rings. The SMILES string of the molecule is O=C(O)c1ccccc1C(=O)Nc1nnc(-c2ccccc2F)s1. The fraction of sp³-hybridized carbons (Fsp3) is 0. The lowest BCUT2D eigenvalue weighted by molar-refractivity contribution is 0.0692. The van der Waals surface area contributed by atoms with Crippen molar-refractivity contribution in [2.45, 2.75) is 0 Å². The Labute approximate surface area is 139 Å². The van der Waals surface area contributed by atoms with E-state index in [1.54, 1.807) is 24.3 Å². The van der Waals surface area contributed by atoms with Crippen LogP contribution >= 0.6 is 11.3 Å². The number of carboxylic acid groups (broad SMARTS) is 1. The molecule has 24 heavy (non-hydrogen) atoms. The van der Waals surface area contributed by atoms with E-state index in [0.717, 1.165) is 11.3 Å². The Balaban J connectivity index is 1.84. The quantitative estimate of drug-likeness (QED) is 0.758. The van der Waals surface area contributed by atoms with Crippen LogP contribution in [0.1, 0.15) is 20.7 Å². The lowest BCUT2D eigenvalue weighted by atomic mass is 10.1. The van der Waals surface area contributed by atoms with E-state index in [1.807, 2.05) is 0 Å². The number of rotatable bonds is 4. The Kier molecular flexibility index (Phi) is 4.30. The number of hydrogen-bond acceptors (Lipinski definition) is 5. The summed E-state index contributed by atoms with van der Waals surface area (Å²) in [6.07, 6.45) is 0. The van der Waals surface area contributed by atoms with Gasteiger partial charge in [0.2, 0.25) is 5.13 Å². The average molecular weight is 343 g/mol. The van der Waals surface area contributed by atoms with E-state index in [1.165, 1.54) is 24.3 Å². The molecule has 6 nitrogen and oxygen atoms in total. The number of aromatic carboxylic acids is 1. The smallest absolute Gasteiger partial charge is 0.336 e. The van der Waals surface area contributed by atoms with Crippen LogP contribution in [0.2, 0.25) is 0 Å². The highest BCUT2D eigenvalue weighted by Crippen LogP contribution is 2.28. The van der Waals surface area contributed by atoms with Crippen LogP contribution in [-0.4, -0.2) is 27.2 Å². The number of amides is 1. The highest BCUT2D eigenvalue weighted by molar-refractivity contribution is 7.18. The first-order valence-electron chi connectivity index (χ1n) is 6.78. The maximum atomic E-state index is 13.7. The van der Waals surface area contributed by atoms with E-state index < -0.39 is 17.7 Å². The van der Waals surface area contributed by atoms with Crippen molar-refractivity contribution in [1.82, 2.24) is 10.2 Å². The predicted octanol–water partition coefficient (Wildman–Crippen LogP) is 3.29. The van der Waals surface area contributed by atoms with Gasteiger partial charge in [0.15, 0.2) is 5.01 Å². The first-order valence-corrected chi connectivity index (χ1v) is 7.60. The zero-order chi connectivity index (χ0) is 17.1. The molecule has 0 bridgehead atoms. The van der Waals surface area contributed by atoms with Gasteiger partial charge in [-0.15, -0.1) is 10.2 Å². The molecule has 8 heteroatoms. The summed E-state index contributed by atoms with van der Waals surface area (Å²) in [6.45, 7) is 0. The summed E-state index contributed by atoms with van der Waals surface area (Å²) in [7, 11) is 0. The molecular weight excluding hydrogens is 333 g/mol. The maximum Gasteiger partial charge on any atom is 0.336 e. The van der Waals surface area contributed by atoms with Gasteiger partial charge >= 0.3 is 5.97 Å². The molecule has 0 saturated carbocycles. The predicted molar refractivity (Wildman–Crippen MR) is 86.7 cm³/mol. The summed E-state index contributed by atoms with van der Waals surface area (Å²) in [5.41, 5.74) is 0.169. The fourth-order valence-electron chi connectivity index (χ4n) is 2.05. The number of nitrogens with zero attached hydrogens (tertiary/aromatic N) is 2. The van der Waals surface area contributed by atoms with Crippen LogP contribution in [0.5, 0.6) is 0 Å². The molecule has 0 radical (unpaired) electrons. The van der Waals surface area contributed by atoms with Gasteiger partial charge in [0.1, 0.15) is 5.82 Å². The molecule has 0 spiro atoms. The third kappa shape index (κ3) is 3.13. The Morgan fingerprint density at radius 3 is 2.38 bits per heavy atom. The first kappa shape index (κ1) is 15.8. The summed E-state index contributed by atoms with van der Waals surface area (Å²) in [5.74, 6) is -2.27.